The molecule has 1 unspecified atom stereocenters. The molecule has 0 amide bonds. The van der Waals surface area contributed by atoms with E-state index in [0.29, 0.717) is 12.3 Å². The van der Waals surface area contributed by atoms with Crippen LogP contribution in [0.5, 0.6) is 5.75 Å². The normalized spacial score (nSPS) is 15.5. The van der Waals surface area contributed by atoms with Gasteiger partial charge in [-0.3, -0.25) is 9.69 Å². The molecule has 2 aromatic carbocycles. The lowest BCUT2D eigenvalue weighted by Gasteiger charge is -2.30. The van der Waals surface area contributed by atoms with Gasteiger partial charge in [-0.1, -0.05) is 24.3 Å². The molecule has 1 aliphatic rings. The van der Waals surface area contributed by atoms with Crippen LogP contribution in [-0.4, -0.2) is 41.6 Å². The van der Waals surface area contributed by atoms with E-state index in [-0.39, 0.29) is 18.0 Å². The van der Waals surface area contributed by atoms with Gasteiger partial charge >= 0.3 is 0 Å². The molecule has 3 rings (SSSR count). The summed E-state index contributed by atoms with van der Waals surface area (Å²) in [4.78, 5) is 13.4. The van der Waals surface area contributed by atoms with Crippen LogP contribution in [0, 0.1) is 5.82 Å². The SMILES string of the molecule is CC(=O)c1ccc(OCC(O)CN2CCc3ccccc3C2)cc1F. The van der Waals surface area contributed by atoms with Crippen molar-refractivity contribution in [2.24, 2.45) is 0 Å². The minimum Gasteiger partial charge on any atom is -0.491 e. The number of Topliss-reactive ketones (excluding diaryl/α,β-unsaturated/α-hetero) is 1. The number of ketones is 1. The Hall–Kier alpha value is -2.24. The minimum absolute atomic E-state index is 0.0416. The monoisotopic (exact) mass is 343 g/mol. The van der Waals surface area contributed by atoms with Gasteiger partial charge in [-0.2, -0.15) is 0 Å². The number of benzene rings is 2. The van der Waals surface area contributed by atoms with Crippen molar-refractivity contribution in [1.29, 1.82) is 0 Å². The molecule has 0 fully saturated rings. The third-order valence-corrected chi connectivity index (χ3v) is 4.44. The first kappa shape index (κ1) is 17.6. The van der Waals surface area contributed by atoms with Gasteiger partial charge in [0.15, 0.2) is 5.78 Å². The molecule has 0 aromatic heterocycles. The number of rotatable bonds is 6. The standard InChI is InChI=1S/C20H22FNO3/c1-14(23)19-7-6-18(10-20(19)21)25-13-17(24)12-22-9-8-15-4-2-3-5-16(15)11-22/h2-7,10,17,24H,8-9,11-13H2,1H3. The minimum atomic E-state index is -0.666. The van der Waals surface area contributed by atoms with Crippen molar-refractivity contribution in [3.8, 4) is 5.75 Å². The van der Waals surface area contributed by atoms with Crippen LogP contribution in [0.1, 0.15) is 28.4 Å². The summed E-state index contributed by atoms with van der Waals surface area (Å²) in [5.74, 6) is -0.618. The third kappa shape index (κ3) is 4.44. The average molecular weight is 343 g/mol. The van der Waals surface area contributed by atoms with Crippen molar-refractivity contribution in [3.05, 3.63) is 65.0 Å². The largest absolute Gasteiger partial charge is 0.491 e. The number of fused-ring (bicyclic) bond motifs is 1. The molecule has 1 heterocycles. The Morgan fingerprint density at radius 1 is 1.28 bits per heavy atom. The molecule has 1 atom stereocenters. The molecule has 0 saturated heterocycles. The maximum atomic E-state index is 13.8. The zero-order chi connectivity index (χ0) is 17.8. The number of halogens is 1. The van der Waals surface area contributed by atoms with E-state index >= 15 is 0 Å². The number of ether oxygens (including phenoxy) is 1. The fourth-order valence-corrected chi connectivity index (χ4v) is 3.12. The summed E-state index contributed by atoms with van der Waals surface area (Å²) in [6.07, 6.45) is 0.308. The fraction of sp³-hybridized carbons (Fsp3) is 0.350. The molecule has 0 saturated carbocycles. The second kappa shape index (κ2) is 7.76. The summed E-state index contributed by atoms with van der Waals surface area (Å²) in [5.41, 5.74) is 2.70. The van der Waals surface area contributed by atoms with Crippen LogP contribution in [0.4, 0.5) is 4.39 Å². The lowest BCUT2D eigenvalue weighted by atomic mass is 10.00. The molecule has 4 nitrogen and oxygen atoms in total. The van der Waals surface area contributed by atoms with Crippen LogP contribution in [-0.2, 0) is 13.0 Å². The van der Waals surface area contributed by atoms with E-state index in [1.807, 2.05) is 12.1 Å². The van der Waals surface area contributed by atoms with E-state index < -0.39 is 11.9 Å². The zero-order valence-corrected chi connectivity index (χ0v) is 14.2. The van der Waals surface area contributed by atoms with Crippen LogP contribution < -0.4 is 4.74 Å². The first-order valence-corrected chi connectivity index (χ1v) is 8.43. The van der Waals surface area contributed by atoms with Gasteiger partial charge in [0.2, 0.25) is 0 Å². The van der Waals surface area contributed by atoms with Crippen molar-refractivity contribution in [2.45, 2.75) is 26.0 Å². The summed E-state index contributed by atoms with van der Waals surface area (Å²) in [6, 6.07) is 12.5. The van der Waals surface area contributed by atoms with Gasteiger partial charge in [-0.25, -0.2) is 4.39 Å². The quantitative estimate of drug-likeness (QED) is 0.820. The predicted molar refractivity (Wildman–Crippen MR) is 93.3 cm³/mol. The van der Waals surface area contributed by atoms with Crippen LogP contribution in [0.15, 0.2) is 42.5 Å². The number of β-amino-alcohol motifs (C(OH)–C–C–N with tert-alkyl or cyclic N) is 1. The first-order valence-electron chi connectivity index (χ1n) is 8.43. The second-order valence-electron chi connectivity index (χ2n) is 6.42. The van der Waals surface area contributed by atoms with E-state index in [0.717, 1.165) is 19.5 Å². The molecule has 25 heavy (non-hydrogen) atoms. The highest BCUT2D eigenvalue weighted by atomic mass is 19.1. The van der Waals surface area contributed by atoms with Gasteiger partial charge in [-0.15, -0.1) is 0 Å². The first-order chi connectivity index (χ1) is 12.0. The number of aliphatic hydroxyl groups is 1. The van der Waals surface area contributed by atoms with E-state index in [2.05, 4.69) is 17.0 Å². The fourth-order valence-electron chi connectivity index (χ4n) is 3.12. The van der Waals surface area contributed by atoms with Gasteiger partial charge in [0.25, 0.3) is 0 Å². The Morgan fingerprint density at radius 3 is 2.76 bits per heavy atom. The van der Waals surface area contributed by atoms with E-state index in [9.17, 15) is 14.3 Å². The number of hydrogen-bond donors (Lipinski definition) is 1. The van der Waals surface area contributed by atoms with Crippen LogP contribution in [0.2, 0.25) is 0 Å². The third-order valence-electron chi connectivity index (χ3n) is 4.44. The highest BCUT2D eigenvalue weighted by Gasteiger charge is 2.19. The maximum Gasteiger partial charge on any atom is 0.162 e. The Morgan fingerprint density at radius 2 is 2.04 bits per heavy atom. The van der Waals surface area contributed by atoms with Crippen molar-refractivity contribution in [1.82, 2.24) is 4.90 Å². The molecule has 0 aliphatic carbocycles. The molecular formula is C20H22FNO3. The van der Waals surface area contributed by atoms with Crippen molar-refractivity contribution >= 4 is 5.78 Å². The average Bonchev–Trinajstić information content (AvgIpc) is 2.59. The zero-order valence-electron chi connectivity index (χ0n) is 14.2. The Balaban J connectivity index is 1.51. The molecule has 0 bridgehead atoms. The van der Waals surface area contributed by atoms with E-state index in [1.54, 1.807) is 6.07 Å². The topological polar surface area (TPSA) is 49.8 Å². The van der Waals surface area contributed by atoms with Crippen LogP contribution in [0.3, 0.4) is 0 Å². The summed E-state index contributed by atoms with van der Waals surface area (Å²) >= 11 is 0. The Bertz CT molecular complexity index is 762. The van der Waals surface area contributed by atoms with Gasteiger partial charge in [0.1, 0.15) is 24.3 Å². The number of nitrogens with zero attached hydrogens (tertiary/aromatic N) is 1. The van der Waals surface area contributed by atoms with E-state index in [1.165, 1.54) is 30.2 Å². The number of carbonyl (C=O) groups is 1. The lowest BCUT2D eigenvalue weighted by molar-refractivity contribution is 0.0636. The summed E-state index contributed by atoms with van der Waals surface area (Å²) < 4.78 is 19.2. The summed E-state index contributed by atoms with van der Waals surface area (Å²) in [6.45, 7) is 3.62. The van der Waals surface area contributed by atoms with E-state index in [4.69, 9.17) is 4.74 Å². The van der Waals surface area contributed by atoms with Gasteiger partial charge in [0.05, 0.1) is 5.56 Å². The van der Waals surface area contributed by atoms with Crippen molar-refractivity contribution in [2.75, 3.05) is 19.7 Å². The summed E-state index contributed by atoms with van der Waals surface area (Å²) in [7, 11) is 0. The molecule has 1 N–H and O–H groups in total. The van der Waals surface area contributed by atoms with Crippen LogP contribution >= 0.6 is 0 Å². The van der Waals surface area contributed by atoms with Crippen molar-refractivity contribution < 1.29 is 19.0 Å². The number of hydrogen-bond acceptors (Lipinski definition) is 4. The lowest BCUT2D eigenvalue weighted by Crippen LogP contribution is -2.38. The maximum absolute atomic E-state index is 13.8. The molecule has 132 valence electrons. The highest BCUT2D eigenvalue weighted by Crippen LogP contribution is 2.20. The molecule has 0 spiro atoms. The molecule has 1 aliphatic heterocycles. The van der Waals surface area contributed by atoms with Crippen molar-refractivity contribution in [3.63, 3.8) is 0 Å². The highest BCUT2D eigenvalue weighted by molar-refractivity contribution is 5.94. The number of carbonyl (C=O) groups excluding carboxylic acids is 1. The molecule has 0 radical (unpaired) electrons. The predicted octanol–water partition coefficient (Wildman–Crippen LogP) is 2.83. The number of aliphatic hydroxyl groups excluding tert-OH is 1. The smallest absolute Gasteiger partial charge is 0.162 e. The molecule has 5 heteroatoms. The molecule has 2 aromatic rings. The molecular weight excluding hydrogens is 321 g/mol. The Labute approximate surface area is 146 Å². The van der Waals surface area contributed by atoms with Gasteiger partial charge < -0.3 is 9.84 Å². The second-order valence-corrected chi connectivity index (χ2v) is 6.42. The van der Waals surface area contributed by atoms with Crippen LogP contribution in [0.25, 0.3) is 0 Å². The Kier molecular flexibility index (Phi) is 5.46. The van der Waals surface area contributed by atoms with Gasteiger partial charge in [-0.05, 0) is 36.6 Å². The summed E-state index contributed by atoms with van der Waals surface area (Å²) in [5, 5.41) is 10.2. The van der Waals surface area contributed by atoms with Gasteiger partial charge in [0, 0.05) is 25.7 Å².